The van der Waals surface area contributed by atoms with E-state index in [9.17, 15) is 4.79 Å². The van der Waals surface area contributed by atoms with Crippen LogP contribution >= 0.6 is 0 Å². The number of fused-ring (bicyclic) bond motifs is 1. The molecule has 2 aliphatic rings. The van der Waals surface area contributed by atoms with Crippen molar-refractivity contribution < 1.29 is 9.53 Å². The number of hydrogen-bond acceptors (Lipinski definition) is 4. The SMILES string of the molecule is O=C(c1cccc(-c2ccn[nH]2)c1)N1CCN(C[C+]2COc3ccccc3C2)CC1. The first-order valence-corrected chi connectivity index (χ1v) is 10.4. The second-order valence-corrected chi connectivity index (χ2v) is 7.94. The summed E-state index contributed by atoms with van der Waals surface area (Å²) in [6, 6.07) is 17.9. The first-order valence-electron chi connectivity index (χ1n) is 10.4. The molecule has 1 fully saturated rings. The lowest BCUT2D eigenvalue weighted by Crippen LogP contribution is -2.50. The Morgan fingerprint density at radius 2 is 1.93 bits per heavy atom. The van der Waals surface area contributed by atoms with Gasteiger partial charge in [-0.1, -0.05) is 30.3 Å². The molecule has 3 aromatic rings. The van der Waals surface area contributed by atoms with Gasteiger partial charge in [0.1, 0.15) is 24.6 Å². The number of nitrogens with one attached hydrogen (secondary N) is 1. The van der Waals surface area contributed by atoms with Crippen LogP contribution in [0.4, 0.5) is 0 Å². The summed E-state index contributed by atoms with van der Waals surface area (Å²) in [6.07, 6.45) is 2.70. The van der Waals surface area contributed by atoms with E-state index in [1.54, 1.807) is 6.20 Å². The average Bonchev–Trinajstić information content (AvgIpc) is 3.34. The number of carbonyl (C=O) groups is 1. The zero-order valence-corrected chi connectivity index (χ0v) is 16.9. The Morgan fingerprint density at radius 3 is 2.77 bits per heavy atom. The van der Waals surface area contributed by atoms with E-state index in [4.69, 9.17) is 4.74 Å². The Morgan fingerprint density at radius 1 is 1.07 bits per heavy atom. The van der Waals surface area contributed by atoms with Gasteiger partial charge in [-0.2, -0.15) is 5.10 Å². The number of para-hydroxylation sites is 1. The molecule has 5 rings (SSSR count). The summed E-state index contributed by atoms with van der Waals surface area (Å²) >= 11 is 0. The first-order chi connectivity index (χ1) is 14.8. The third-order valence-electron chi connectivity index (χ3n) is 5.87. The summed E-state index contributed by atoms with van der Waals surface area (Å²) in [5.74, 6) is 2.51. The Hall–Kier alpha value is -3.25. The van der Waals surface area contributed by atoms with Gasteiger partial charge in [-0.25, -0.2) is 0 Å². The van der Waals surface area contributed by atoms with E-state index in [0.717, 1.165) is 61.7 Å². The first kappa shape index (κ1) is 18.8. The summed E-state index contributed by atoms with van der Waals surface area (Å²) in [7, 11) is 0. The number of nitrogens with zero attached hydrogens (tertiary/aromatic N) is 3. The van der Waals surface area contributed by atoms with Gasteiger partial charge in [-0.15, -0.1) is 0 Å². The quantitative estimate of drug-likeness (QED) is 0.683. The summed E-state index contributed by atoms with van der Waals surface area (Å²) in [5, 5.41) is 6.95. The standard InChI is InChI=1S/C24H25N4O2/c29-24(21-6-3-5-19(15-21)22-8-9-25-26-22)28-12-10-27(11-13-28)16-18-14-20-4-1-2-7-23(20)30-17-18/h1-9,15H,10-14,16-17H2,(H,25,26)/q+1. The van der Waals surface area contributed by atoms with E-state index in [1.165, 1.54) is 11.5 Å². The van der Waals surface area contributed by atoms with Crippen LogP contribution < -0.4 is 4.74 Å². The summed E-state index contributed by atoms with van der Waals surface area (Å²) in [6.45, 7) is 4.90. The lowest BCUT2D eigenvalue weighted by Gasteiger charge is -2.34. The maximum Gasteiger partial charge on any atom is 0.253 e. The molecular weight excluding hydrogens is 376 g/mol. The molecule has 30 heavy (non-hydrogen) atoms. The number of benzene rings is 2. The molecule has 0 radical (unpaired) electrons. The Labute approximate surface area is 176 Å². The second kappa shape index (κ2) is 8.24. The van der Waals surface area contributed by atoms with Crippen LogP contribution in [0.3, 0.4) is 0 Å². The highest BCUT2D eigenvalue weighted by Gasteiger charge is 2.33. The smallest absolute Gasteiger partial charge is 0.253 e. The number of piperazine rings is 1. The number of hydrogen-bond donors (Lipinski definition) is 1. The normalized spacial score (nSPS) is 16.8. The van der Waals surface area contributed by atoms with Crippen molar-refractivity contribution in [2.24, 2.45) is 0 Å². The Kier molecular flexibility index (Phi) is 5.15. The molecule has 0 bridgehead atoms. The predicted molar refractivity (Wildman–Crippen MR) is 115 cm³/mol. The van der Waals surface area contributed by atoms with Crippen molar-refractivity contribution in [3.05, 3.63) is 77.8 Å². The lowest BCUT2D eigenvalue weighted by atomic mass is 9.96. The number of aromatic amines is 1. The van der Waals surface area contributed by atoms with Crippen LogP contribution in [0.15, 0.2) is 60.8 Å². The maximum absolute atomic E-state index is 13.0. The van der Waals surface area contributed by atoms with Gasteiger partial charge < -0.3 is 9.64 Å². The summed E-state index contributed by atoms with van der Waals surface area (Å²) in [5.41, 5.74) is 3.89. The van der Waals surface area contributed by atoms with Crippen LogP contribution in [-0.4, -0.2) is 65.2 Å². The number of carbonyl (C=O) groups excluding carboxylic acids is 1. The van der Waals surface area contributed by atoms with Crippen LogP contribution in [0.2, 0.25) is 0 Å². The number of rotatable bonds is 4. The minimum Gasteiger partial charge on any atom is -0.452 e. The zero-order chi connectivity index (χ0) is 20.3. The van der Waals surface area contributed by atoms with Gasteiger partial charge in [0.05, 0.1) is 5.69 Å². The lowest BCUT2D eigenvalue weighted by molar-refractivity contribution is 0.0636. The van der Waals surface area contributed by atoms with Crippen molar-refractivity contribution >= 4 is 5.91 Å². The fourth-order valence-electron chi connectivity index (χ4n) is 4.24. The minimum absolute atomic E-state index is 0.0959. The third kappa shape index (κ3) is 3.91. The van der Waals surface area contributed by atoms with E-state index in [0.29, 0.717) is 6.61 Å². The van der Waals surface area contributed by atoms with Gasteiger partial charge in [-0.05, 0) is 24.3 Å². The van der Waals surface area contributed by atoms with Crippen molar-refractivity contribution in [2.75, 3.05) is 39.3 Å². The molecule has 0 unspecified atom stereocenters. The fourth-order valence-corrected chi connectivity index (χ4v) is 4.24. The topological polar surface area (TPSA) is 61.5 Å². The van der Waals surface area contributed by atoms with Gasteiger partial charge in [0.15, 0.2) is 0 Å². The number of aromatic nitrogens is 2. The van der Waals surface area contributed by atoms with Crippen molar-refractivity contribution in [3.63, 3.8) is 0 Å². The van der Waals surface area contributed by atoms with E-state index in [-0.39, 0.29) is 5.91 Å². The van der Waals surface area contributed by atoms with E-state index in [2.05, 4.69) is 27.2 Å². The molecular formula is C24H25N4O2+. The monoisotopic (exact) mass is 401 g/mol. The van der Waals surface area contributed by atoms with Crippen LogP contribution in [0.25, 0.3) is 11.3 Å². The van der Waals surface area contributed by atoms with Crippen LogP contribution in [0.1, 0.15) is 15.9 Å². The fraction of sp³-hybridized carbons (Fsp3) is 0.292. The zero-order valence-electron chi connectivity index (χ0n) is 16.9. The van der Waals surface area contributed by atoms with Gasteiger partial charge in [0.2, 0.25) is 6.61 Å². The van der Waals surface area contributed by atoms with E-state index >= 15 is 0 Å². The van der Waals surface area contributed by atoms with Crippen molar-refractivity contribution in [1.82, 2.24) is 20.0 Å². The predicted octanol–water partition coefficient (Wildman–Crippen LogP) is 3.04. The molecule has 6 nitrogen and oxygen atoms in total. The second-order valence-electron chi connectivity index (χ2n) is 7.94. The summed E-state index contributed by atoms with van der Waals surface area (Å²) in [4.78, 5) is 17.4. The molecule has 1 amide bonds. The van der Waals surface area contributed by atoms with E-state index in [1.807, 2.05) is 47.4 Å². The van der Waals surface area contributed by atoms with Crippen molar-refractivity contribution in [3.8, 4) is 17.0 Å². The number of ether oxygens (including phenoxy) is 1. The highest BCUT2D eigenvalue weighted by atomic mass is 16.5. The minimum atomic E-state index is 0.0959. The molecule has 6 heteroatoms. The van der Waals surface area contributed by atoms with Crippen molar-refractivity contribution in [1.29, 1.82) is 0 Å². The largest absolute Gasteiger partial charge is 0.452 e. The Bertz CT molecular complexity index is 1010. The van der Waals surface area contributed by atoms with Gasteiger partial charge >= 0.3 is 0 Å². The molecule has 1 aromatic heterocycles. The maximum atomic E-state index is 13.0. The molecule has 1 N–H and O–H groups in total. The highest BCUT2D eigenvalue weighted by molar-refractivity contribution is 5.95. The molecule has 0 spiro atoms. The molecule has 0 aliphatic carbocycles. The van der Waals surface area contributed by atoms with Gasteiger partial charge in [0.25, 0.3) is 5.91 Å². The number of H-pyrrole nitrogens is 1. The number of amides is 1. The molecule has 0 atom stereocenters. The molecule has 2 aromatic carbocycles. The van der Waals surface area contributed by atoms with Crippen molar-refractivity contribution in [2.45, 2.75) is 6.42 Å². The molecule has 1 saturated heterocycles. The van der Waals surface area contributed by atoms with Gasteiger partial charge in [0, 0.05) is 49.1 Å². The molecule has 0 saturated carbocycles. The van der Waals surface area contributed by atoms with Gasteiger partial charge in [-0.3, -0.25) is 14.8 Å². The van der Waals surface area contributed by atoms with E-state index < -0.39 is 0 Å². The van der Waals surface area contributed by atoms with Crippen LogP contribution in [0, 0.1) is 5.92 Å². The molecule has 3 heterocycles. The summed E-state index contributed by atoms with van der Waals surface area (Å²) < 4.78 is 5.90. The molecule has 152 valence electrons. The third-order valence-corrected chi connectivity index (χ3v) is 5.87. The highest BCUT2D eigenvalue weighted by Crippen LogP contribution is 2.28. The Balaban J connectivity index is 1.17. The van der Waals surface area contributed by atoms with Crippen LogP contribution in [0.5, 0.6) is 5.75 Å². The molecule has 2 aliphatic heterocycles. The average molecular weight is 401 g/mol. The van der Waals surface area contributed by atoms with Crippen LogP contribution in [-0.2, 0) is 6.42 Å².